The first kappa shape index (κ1) is 45.2. The first-order valence-electron chi connectivity index (χ1n) is 18.3. The molecule has 0 unspecified atom stereocenters. The summed E-state index contributed by atoms with van der Waals surface area (Å²) < 4.78 is 92.8. The van der Waals surface area contributed by atoms with Crippen molar-refractivity contribution in [3.63, 3.8) is 0 Å². The number of nitrogens with one attached hydrogen (secondary N) is 1. The predicted molar refractivity (Wildman–Crippen MR) is 218 cm³/mol. The number of anilines is 1. The summed E-state index contributed by atoms with van der Waals surface area (Å²) in [5.74, 6) is -0.752. The maximum absolute atomic E-state index is 12.3. The third-order valence-electron chi connectivity index (χ3n) is 10.1. The predicted octanol–water partition coefficient (Wildman–Crippen LogP) is 5.81. The van der Waals surface area contributed by atoms with E-state index in [1.165, 1.54) is 24.3 Å². The van der Waals surface area contributed by atoms with Crippen LogP contribution in [0.4, 0.5) is 11.4 Å². The number of hydrogen-bond acceptors (Lipinski definition) is 10. The molecule has 0 fully saturated rings. The van der Waals surface area contributed by atoms with Crippen molar-refractivity contribution in [2.24, 2.45) is 0 Å². The largest absolute Gasteiger partial charge is 0.481 e. The lowest BCUT2D eigenvalue weighted by atomic mass is 9.81. The number of fused-ring (bicyclic) bond motifs is 2. The Hall–Kier alpha value is -3.55. The van der Waals surface area contributed by atoms with Gasteiger partial charge in [-0.25, -0.2) is 8.42 Å². The van der Waals surface area contributed by atoms with Crippen LogP contribution in [0, 0.1) is 0 Å². The van der Waals surface area contributed by atoms with Gasteiger partial charge >= 0.3 is 5.97 Å². The number of benzene rings is 2. The molecule has 0 saturated carbocycles. The number of allylic oxidation sites excluding steroid dienone is 4. The summed E-state index contributed by atoms with van der Waals surface area (Å²) in [5.41, 5.74) is 3.31. The number of hydrogen-bond donors (Lipinski definition) is 4. The van der Waals surface area contributed by atoms with E-state index in [0.717, 1.165) is 39.8 Å². The number of carboxylic acids is 1. The average Bonchev–Trinajstić information content (AvgIpc) is 3.42. The highest BCUT2D eigenvalue weighted by Crippen LogP contribution is 2.49. The van der Waals surface area contributed by atoms with Crippen molar-refractivity contribution in [1.82, 2.24) is 5.32 Å². The van der Waals surface area contributed by atoms with E-state index in [2.05, 4.69) is 14.8 Å². The molecule has 0 aliphatic carbocycles. The topological polar surface area (TPSA) is 216 Å². The fourth-order valence-electron chi connectivity index (χ4n) is 7.27. The minimum Gasteiger partial charge on any atom is -0.481 e. The molecular formula is C38H52N3O11S4+. The molecule has 0 radical (unpaired) electrons. The quantitative estimate of drug-likeness (QED) is 0.0536. The summed E-state index contributed by atoms with van der Waals surface area (Å²) in [4.78, 5) is 25.0. The zero-order chi connectivity index (χ0) is 41.7. The van der Waals surface area contributed by atoms with Gasteiger partial charge in [-0.15, -0.1) is 0 Å². The lowest BCUT2D eigenvalue weighted by Gasteiger charge is -2.27. The van der Waals surface area contributed by atoms with Crippen LogP contribution >= 0.6 is 10.8 Å². The number of carbonyl (C=O) groups excluding carboxylic acids is 1. The van der Waals surface area contributed by atoms with Crippen LogP contribution in [0.25, 0.3) is 0 Å². The van der Waals surface area contributed by atoms with Gasteiger partial charge in [0, 0.05) is 78.9 Å². The van der Waals surface area contributed by atoms with Gasteiger partial charge in [-0.2, -0.15) is 21.4 Å². The molecule has 4 rings (SSSR count). The molecule has 0 spiro atoms. The van der Waals surface area contributed by atoms with Crippen molar-refractivity contribution in [3.8, 4) is 0 Å². The van der Waals surface area contributed by atoms with Crippen LogP contribution in [0.5, 0.6) is 0 Å². The molecule has 0 saturated heterocycles. The highest BCUT2D eigenvalue weighted by atomic mass is 33.1. The van der Waals surface area contributed by atoms with Crippen molar-refractivity contribution in [2.75, 3.05) is 36.5 Å². The Bertz CT molecular complexity index is 2260. The van der Waals surface area contributed by atoms with E-state index >= 15 is 0 Å². The monoisotopic (exact) mass is 854 g/mol. The van der Waals surface area contributed by atoms with Crippen molar-refractivity contribution in [1.29, 1.82) is 0 Å². The van der Waals surface area contributed by atoms with Crippen LogP contribution in [0.15, 0.2) is 70.1 Å². The summed E-state index contributed by atoms with van der Waals surface area (Å²) in [6.07, 6.45) is 11.1. The van der Waals surface area contributed by atoms with Crippen molar-refractivity contribution >= 4 is 68.9 Å². The minimum atomic E-state index is -4.47. The van der Waals surface area contributed by atoms with Gasteiger partial charge in [0.2, 0.25) is 11.6 Å². The van der Waals surface area contributed by atoms with Crippen molar-refractivity contribution < 1.29 is 53.6 Å². The highest BCUT2D eigenvalue weighted by Gasteiger charge is 2.45. The van der Waals surface area contributed by atoms with Gasteiger partial charge in [0.15, 0.2) is 14.6 Å². The Labute approximate surface area is 334 Å². The molecule has 2 aliphatic rings. The molecule has 4 N–H and O–H groups in total. The smallest absolute Gasteiger partial charge is 0.303 e. The van der Waals surface area contributed by atoms with Crippen molar-refractivity contribution in [2.45, 2.75) is 99.7 Å². The second kappa shape index (κ2) is 17.9. The molecule has 0 bridgehead atoms. The number of carbonyl (C=O) groups is 2. The summed E-state index contributed by atoms with van der Waals surface area (Å²) in [6.45, 7) is 9.19. The van der Waals surface area contributed by atoms with Crippen LogP contribution in [-0.4, -0.2) is 93.3 Å². The normalized spacial score (nSPS) is 17.1. The van der Waals surface area contributed by atoms with Gasteiger partial charge in [-0.1, -0.05) is 26.3 Å². The van der Waals surface area contributed by atoms with Crippen LogP contribution in [-0.2, 0) is 49.5 Å². The number of aliphatic carboxylic acids is 1. The molecule has 0 aromatic heterocycles. The van der Waals surface area contributed by atoms with Gasteiger partial charge in [-0.05, 0) is 92.3 Å². The van der Waals surface area contributed by atoms with E-state index in [1.807, 2.05) is 45.9 Å². The number of unbranched alkanes of at least 4 members (excludes halogenated alkanes) is 4. The van der Waals surface area contributed by atoms with E-state index in [0.29, 0.717) is 62.7 Å². The Kier molecular flexibility index (Phi) is 14.5. The Morgan fingerprint density at radius 1 is 0.821 bits per heavy atom. The first-order valence-corrected chi connectivity index (χ1v) is 24.6. The zero-order valence-corrected chi connectivity index (χ0v) is 35.6. The lowest BCUT2D eigenvalue weighted by Crippen LogP contribution is -2.28. The molecule has 0 atom stereocenters. The van der Waals surface area contributed by atoms with Gasteiger partial charge < -0.3 is 15.3 Å². The Balaban J connectivity index is 1.63. The Morgan fingerprint density at radius 2 is 1.43 bits per heavy atom. The SMILES string of the molecule is CC1(C)C(/C=C/C=C2/N(CCCCCC(=O)O)c3ccc(S(=O)(=O)O)cc3C2(C)C)=[N+](CCCCCC(=O)NCCSS(C)(=O)=O)c2ccc(S(=O)(=O)O)cc21. The third-order valence-corrected chi connectivity index (χ3v) is 14.4. The maximum Gasteiger partial charge on any atom is 0.303 e. The Morgan fingerprint density at radius 3 is 2.05 bits per heavy atom. The molecule has 1 amide bonds. The number of amides is 1. The van der Waals surface area contributed by atoms with Crippen LogP contribution in [0.3, 0.4) is 0 Å². The fraction of sp³-hybridized carbons (Fsp3) is 0.500. The molecule has 14 nitrogen and oxygen atoms in total. The summed E-state index contributed by atoms with van der Waals surface area (Å²) in [6, 6.07) is 9.04. The van der Waals surface area contributed by atoms with Crippen LogP contribution in [0.1, 0.15) is 90.2 Å². The standard InChI is InChI=1S/C38H51N3O11S4/c1-37(2)29-25-27(55(47,48)49)17-19-31(29)40(22-10-6-8-15-35(42)39-21-24-53-54(5,45)46)33(37)13-12-14-34-38(3,4)30-26-28(56(50,51)52)18-20-32(30)41(34)23-11-7-9-16-36(43)44/h12-14,17-20,25-26H,6-11,15-16,21-24H2,1-5H3,(H3-,39,42,43,44,47,48,49,50,51,52)/p+1. The van der Waals surface area contributed by atoms with Crippen LogP contribution in [0.2, 0.25) is 0 Å². The molecular weight excluding hydrogens is 803 g/mol. The zero-order valence-electron chi connectivity index (χ0n) is 32.3. The molecule has 2 aliphatic heterocycles. The van der Waals surface area contributed by atoms with Crippen LogP contribution < -0.4 is 10.2 Å². The molecule has 2 aromatic rings. The molecule has 308 valence electrons. The van der Waals surface area contributed by atoms with E-state index in [1.54, 1.807) is 12.1 Å². The average molecular weight is 855 g/mol. The number of carboxylic acid groups (broad SMARTS) is 1. The minimum absolute atomic E-state index is 0.0634. The summed E-state index contributed by atoms with van der Waals surface area (Å²) in [5, 5.41) is 11.8. The van der Waals surface area contributed by atoms with Crippen molar-refractivity contribution in [3.05, 3.63) is 71.5 Å². The highest BCUT2D eigenvalue weighted by molar-refractivity contribution is 8.71. The third kappa shape index (κ3) is 11.3. The van der Waals surface area contributed by atoms with E-state index in [-0.39, 0.29) is 40.8 Å². The van der Waals surface area contributed by atoms with Gasteiger partial charge in [0.05, 0.1) is 15.2 Å². The van der Waals surface area contributed by atoms with Gasteiger partial charge in [0.1, 0.15) is 6.54 Å². The number of nitrogens with zero attached hydrogens (tertiary/aromatic N) is 2. The van der Waals surface area contributed by atoms with E-state index in [9.17, 15) is 43.9 Å². The maximum atomic E-state index is 12.3. The second-order valence-corrected chi connectivity index (χ2v) is 22.5. The molecule has 2 aromatic carbocycles. The summed E-state index contributed by atoms with van der Waals surface area (Å²) >= 11 is 0. The second-order valence-electron chi connectivity index (χ2n) is 15.0. The summed E-state index contributed by atoms with van der Waals surface area (Å²) in [7, 11) is -11.3. The van der Waals surface area contributed by atoms with E-state index in [4.69, 9.17) is 5.11 Å². The number of rotatable bonds is 20. The van der Waals surface area contributed by atoms with Gasteiger partial charge in [-0.3, -0.25) is 18.7 Å². The van der Waals surface area contributed by atoms with E-state index < -0.39 is 45.9 Å². The van der Waals surface area contributed by atoms with Gasteiger partial charge in [0.25, 0.3) is 20.2 Å². The first-order chi connectivity index (χ1) is 25.9. The lowest BCUT2D eigenvalue weighted by molar-refractivity contribution is -0.438. The fourth-order valence-corrected chi connectivity index (χ4v) is 9.93. The molecule has 18 heteroatoms. The molecule has 2 heterocycles. The molecule has 56 heavy (non-hydrogen) atoms.